The normalized spacial score (nSPS) is 10.6. The summed E-state index contributed by atoms with van der Waals surface area (Å²) in [7, 11) is 0. The van der Waals surface area contributed by atoms with Gasteiger partial charge in [0.25, 0.3) is 11.5 Å². The highest BCUT2D eigenvalue weighted by Gasteiger charge is 2.12. The van der Waals surface area contributed by atoms with Crippen LogP contribution < -0.4 is 10.9 Å². The van der Waals surface area contributed by atoms with E-state index in [1.807, 2.05) is 32.0 Å². The number of benzene rings is 1. The summed E-state index contributed by atoms with van der Waals surface area (Å²) in [5.41, 5.74) is 2.74. The van der Waals surface area contributed by atoms with Crippen molar-refractivity contribution in [2.45, 2.75) is 13.8 Å². The lowest BCUT2D eigenvalue weighted by Crippen LogP contribution is -2.23. The largest absolute Gasteiger partial charge is 0.316 e. The summed E-state index contributed by atoms with van der Waals surface area (Å²) in [4.78, 5) is 29.0. The first-order chi connectivity index (χ1) is 10.6. The van der Waals surface area contributed by atoms with Crippen LogP contribution in [-0.4, -0.2) is 15.3 Å². The van der Waals surface area contributed by atoms with E-state index in [1.54, 1.807) is 24.4 Å². The van der Waals surface area contributed by atoms with Gasteiger partial charge in [-0.15, -0.1) is 0 Å². The lowest BCUT2D eigenvalue weighted by atomic mass is 10.1. The maximum Gasteiger partial charge on any atom is 0.281 e. The number of fused-ring (bicyclic) bond motifs is 1. The van der Waals surface area contributed by atoms with Crippen molar-refractivity contribution in [3.63, 3.8) is 0 Å². The summed E-state index contributed by atoms with van der Waals surface area (Å²) in [6.45, 7) is 3.73. The number of hydrogen-bond acceptors (Lipinski definition) is 3. The second-order valence-electron chi connectivity index (χ2n) is 5.13. The number of pyridine rings is 1. The molecule has 0 atom stereocenters. The van der Waals surface area contributed by atoms with E-state index in [0.29, 0.717) is 11.2 Å². The predicted octanol–water partition coefficient (Wildman–Crippen LogP) is 2.56. The molecule has 0 aliphatic carbocycles. The zero-order chi connectivity index (χ0) is 15.7. The molecule has 1 N–H and O–H groups in total. The fourth-order valence-corrected chi connectivity index (χ4v) is 2.35. The van der Waals surface area contributed by atoms with Crippen LogP contribution in [0.4, 0.5) is 5.69 Å². The molecule has 0 saturated carbocycles. The Balaban J connectivity index is 2.02. The molecule has 5 nitrogen and oxygen atoms in total. The van der Waals surface area contributed by atoms with Crippen LogP contribution in [-0.2, 0) is 0 Å². The Kier molecular flexibility index (Phi) is 3.47. The van der Waals surface area contributed by atoms with Gasteiger partial charge in [0.05, 0.1) is 6.20 Å². The van der Waals surface area contributed by atoms with Gasteiger partial charge in [0.15, 0.2) is 0 Å². The number of hydrogen-bond donors (Lipinski definition) is 1. The van der Waals surface area contributed by atoms with Gasteiger partial charge in [-0.3, -0.25) is 14.0 Å². The topological polar surface area (TPSA) is 63.5 Å². The van der Waals surface area contributed by atoms with Gasteiger partial charge in [-0.05, 0) is 37.1 Å². The molecule has 3 aromatic rings. The lowest BCUT2D eigenvalue weighted by Gasteiger charge is -2.08. The second kappa shape index (κ2) is 5.44. The van der Waals surface area contributed by atoms with Crippen molar-refractivity contribution < 1.29 is 4.79 Å². The number of aromatic nitrogens is 2. The molecular formula is C17H15N3O2. The molecule has 110 valence electrons. The number of amides is 1. The molecule has 0 fully saturated rings. The van der Waals surface area contributed by atoms with Gasteiger partial charge >= 0.3 is 0 Å². The maximum absolute atomic E-state index is 12.4. The van der Waals surface area contributed by atoms with Crippen molar-refractivity contribution >= 4 is 17.2 Å². The van der Waals surface area contributed by atoms with E-state index in [2.05, 4.69) is 10.3 Å². The van der Waals surface area contributed by atoms with E-state index in [-0.39, 0.29) is 17.2 Å². The van der Waals surface area contributed by atoms with E-state index in [9.17, 15) is 9.59 Å². The number of anilines is 1. The highest BCUT2D eigenvalue weighted by Crippen LogP contribution is 2.11. The average molecular weight is 293 g/mol. The minimum absolute atomic E-state index is 0.163. The Bertz CT molecular complexity index is 929. The third-order valence-electron chi connectivity index (χ3n) is 3.57. The predicted molar refractivity (Wildman–Crippen MR) is 85.3 cm³/mol. The second-order valence-corrected chi connectivity index (χ2v) is 5.13. The van der Waals surface area contributed by atoms with Crippen LogP contribution in [0.2, 0.25) is 0 Å². The Morgan fingerprint density at radius 2 is 1.82 bits per heavy atom. The first kappa shape index (κ1) is 14.0. The first-order valence-corrected chi connectivity index (χ1v) is 6.92. The van der Waals surface area contributed by atoms with Crippen LogP contribution in [0.1, 0.15) is 21.5 Å². The molecule has 5 heteroatoms. The zero-order valence-corrected chi connectivity index (χ0v) is 12.3. The molecule has 0 aliphatic heterocycles. The quantitative estimate of drug-likeness (QED) is 0.790. The molecule has 0 spiro atoms. The summed E-state index contributed by atoms with van der Waals surface area (Å²) in [5.74, 6) is -0.315. The van der Waals surface area contributed by atoms with E-state index < -0.39 is 0 Å². The summed E-state index contributed by atoms with van der Waals surface area (Å²) in [5, 5.41) is 2.64. The highest BCUT2D eigenvalue weighted by molar-refractivity contribution is 6.05. The zero-order valence-electron chi connectivity index (χ0n) is 12.3. The first-order valence-electron chi connectivity index (χ1n) is 6.92. The van der Waals surface area contributed by atoms with Crippen LogP contribution in [0.3, 0.4) is 0 Å². The highest BCUT2D eigenvalue weighted by atomic mass is 16.2. The molecule has 1 aromatic carbocycles. The van der Waals surface area contributed by atoms with Crippen molar-refractivity contribution in [3.8, 4) is 0 Å². The van der Waals surface area contributed by atoms with E-state index in [0.717, 1.165) is 11.1 Å². The number of nitrogens with zero attached hydrogens (tertiary/aromatic N) is 2. The van der Waals surface area contributed by atoms with Crippen molar-refractivity contribution in [2.75, 3.05) is 5.32 Å². The SMILES string of the molecule is Cc1ccccc1C(=O)Nc1cnc2c(C)cccn2c1=O. The minimum Gasteiger partial charge on any atom is -0.316 e. The van der Waals surface area contributed by atoms with E-state index >= 15 is 0 Å². The van der Waals surface area contributed by atoms with Gasteiger partial charge in [0.2, 0.25) is 0 Å². The van der Waals surface area contributed by atoms with Crippen molar-refractivity contribution in [3.05, 3.63) is 75.8 Å². The molecular weight excluding hydrogens is 278 g/mol. The smallest absolute Gasteiger partial charge is 0.281 e. The fourth-order valence-electron chi connectivity index (χ4n) is 2.35. The molecule has 0 unspecified atom stereocenters. The minimum atomic E-state index is -0.315. The van der Waals surface area contributed by atoms with Crippen LogP contribution >= 0.6 is 0 Å². The molecule has 0 saturated heterocycles. The van der Waals surface area contributed by atoms with Gasteiger partial charge in [-0.2, -0.15) is 0 Å². The molecule has 0 aliphatic rings. The summed E-state index contributed by atoms with van der Waals surface area (Å²) in [6, 6.07) is 10.9. The van der Waals surface area contributed by atoms with Gasteiger partial charge in [0.1, 0.15) is 11.3 Å². The molecule has 2 heterocycles. The standard InChI is InChI=1S/C17H15N3O2/c1-11-6-3-4-8-13(11)16(21)19-14-10-18-15-12(2)7-5-9-20(15)17(14)22/h3-10H,1-2H3,(H,19,21). The van der Waals surface area contributed by atoms with Gasteiger partial charge in [0, 0.05) is 11.8 Å². The maximum atomic E-state index is 12.4. The van der Waals surface area contributed by atoms with Gasteiger partial charge < -0.3 is 5.32 Å². The Labute approximate surface area is 127 Å². The van der Waals surface area contributed by atoms with Crippen LogP contribution in [0.25, 0.3) is 5.65 Å². The summed E-state index contributed by atoms with van der Waals surface area (Å²) < 4.78 is 1.43. The molecule has 0 radical (unpaired) electrons. The molecule has 0 bridgehead atoms. The van der Waals surface area contributed by atoms with Crippen LogP contribution in [0.5, 0.6) is 0 Å². The summed E-state index contributed by atoms with van der Waals surface area (Å²) >= 11 is 0. The molecule has 2 aromatic heterocycles. The Morgan fingerprint density at radius 1 is 1.09 bits per heavy atom. The number of aryl methyl sites for hydroxylation is 2. The fraction of sp³-hybridized carbons (Fsp3) is 0.118. The van der Waals surface area contributed by atoms with Crippen molar-refractivity contribution in [1.82, 2.24) is 9.38 Å². The van der Waals surface area contributed by atoms with Gasteiger partial charge in [-0.1, -0.05) is 24.3 Å². The Morgan fingerprint density at radius 3 is 2.59 bits per heavy atom. The van der Waals surface area contributed by atoms with E-state index in [4.69, 9.17) is 0 Å². The lowest BCUT2D eigenvalue weighted by molar-refractivity contribution is 0.102. The third-order valence-corrected chi connectivity index (χ3v) is 3.57. The van der Waals surface area contributed by atoms with Crippen molar-refractivity contribution in [1.29, 1.82) is 0 Å². The molecule has 22 heavy (non-hydrogen) atoms. The van der Waals surface area contributed by atoms with E-state index in [1.165, 1.54) is 10.6 Å². The monoisotopic (exact) mass is 293 g/mol. The number of carbonyl (C=O) groups excluding carboxylic acids is 1. The average Bonchev–Trinajstić information content (AvgIpc) is 2.51. The summed E-state index contributed by atoms with van der Waals surface area (Å²) in [6.07, 6.45) is 3.04. The Hall–Kier alpha value is -2.95. The molecule has 1 amide bonds. The number of carbonyl (C=O) groups is 1. The third kappa shape index (κ3) is 2.37. The van der Waals surface area contributed by atoms with Gasteiger partial charge in [-0.25, -0.2) is 4.98 Å². The van der Waals surface area contributed by atoms with Crippen LogP contribution in [0.15, 0.2) is 53.6 Å². The number of rotatable bonds is 2. The number of nitrogens with one attached hydrogen (secondary N) is 1. The van der Waals surface area contributed by atoms with Crippen LogP contribution in [0, 0.1) is 13.8 Å². The van der Waals surface area contributed by atoms with Crippen molar-refractivity contribution in [2.24, 2.45) is 0 Å². The molecule has 3 rings (SSSR count).